The molecule has 22 heavy (non-hydrogen) atoms. The number of rotatable bonds is 8. The zero-order chi connectivity index (χ0) is 16.7. The second kappa shape index (κ2) is 8.70. The lowest BCUT2D eigenvalue weighted by molar-refractivity contribution is -0.137. The van der Waals surface area contributed by atoms with Crippen molar-refractivity contribution in [2.75, 3.05) is 7.11 Å². The maximum atomic E-state index is 13.5. The quantitative estimate of drug-likeness (QED) is 0.768. The Morgan fingerprint density at radius 3 is 2.68 bits per heavy atom. The van der Waals surface area contributed by atoms with Gasteiger partial charge in [-0.2, -0.15) is 0 Å². The molecule has 1 aromatic rings. The van der Waals surface area contributed by atoms with E-state index in [1.54, 1.807) is 7.11 Å². The van der Waals surface area contributed by atoms with Gasteiger partial charge < -0.3 is 15.2 Å². The van der Waals surface area contributed by atoms with Crippen LogP contribution in [-0.4, -0.2) is 30.2 Å². The molecule has 7 heteroatoms. The van der Waals surface area contributed by atoms with Crippen molar-refractivity contribution in [1.82, 2.24) is 5.32 Å². The lowest BCUT2D eigenvalue weighted by Crippen LogP contribution is -2.30. The van der Waals surface area contributed by atoms with Gasteiger partial charge in [0.25, 0.3) is 0 Å². The molecule has 0 spiro atoms. The molecule has 1 rings (SSSR count). The van der Waals surface area contributed by atoms with Gasteiger partial charge in [-0.1, -0.05) is 17.7 Å². The van der Waals surface area contributed by atoms with Crippen LogP contribution >= 0.6 is 11.6 Å². The number of benzene rings is 1. The molecular weight excluding hydrogens is 313 g/mol. The first-order valence-corrected chi connectivity index (χ1v) is 7.20. The molecule has 0 saturated carbocycles. The summed E-state index contributed by atoms with van der Waals surface area (Å²) in [7, 11) is 1.55. The van der Waals surface area contributed by atoms with E-state index in [-0.39, 0.29) is 29.9 Å². The van der Waals surface area contributed by atoms with Gasteiger partial charge in [0.2, 0.25) is 5.91 Å². The van der Waals surface area contributed by atoms with Gasteiger partial charge in [-0.25, -0.2) is 4.39 Å². The summed E-state index contributed by atoms with van der Waals surface area (Å²) in [5.41, 5.74) is 0.359. The number of carbonyl (C=O) groups is 2. The smallest absolute Gasteiger partial charge is 0.305 e. The summed E-state index contributed by atoms with van der Waals surface area (Å²) < 4.78 is 18.6. The summed E-state index contributed by atoms with van der Waals surface area (Å²) >= 11 is 5.60. The Bertz CT molecular complexity index is 538. The first-order chi connectivity index (χ1) is 10.3. The number of hydrogen-bond donors (Lipinski definition) is 2. The van der Waals surface area contributed by atoms with Crippen molar-refractivity contribution >= 4 is 23.5 Å². The van der Waals surface area contributed by atoms with Gasteiger partial charge >= 0.3 is 5.97 Å². The van der Waals surface area contributed by atoms with Crippen molar-refractivity contribution < 1.29 is 23.8 Å². The number of ether oxygens (including phenoxy) is 1. The van der Waals surface area contributed by atoms with Crippen molar-refractivity contribution in [3.05, 3.63) is 34.6 Å². The number of carbonyl (C=O) groups excluding carboxylic acids is 1. The van der Waals surface area contributed by atoms with Crippen LogP contribution in [0.5, 0.6) is 0 Å². The molecule has 2 N–H and O–H groups in total. The third-order valence-electron chi connectivity index (χ3n) is 3.24. The van der Waals surface area contributed by atoms with Crippen LogP contribution in [0.1, 0.15) is 37.8 Å². The maximum absolute atomic E-state index is 13.5. The van der Waals surface area contributed by atoms with Gasteiger partial charge in [-0.15, -0.1) is 0 Å². The number of aliphatic carboxylic acids is 1. The molecule has 0 radical (unpaired) electrons. The van der Waals surface area contributed by atoms with Crippen molar-refractivity contribution in [3.63, 3.8) is 0 Å². The number of amides is 1. The van der Waals surface area contributed by atoms with E-state index in [2.05, 4.69) is 5.32 Å². The van der Waals surface area contributed by atoms with Crippen LogP contribution in [0.3, 0.4) is 0 Å². The molecule has 1 aromatic carbocycles. The molecule has 0 aliphatic rings. The van der Waals surface area contributed by atoms with E-state index in [9.17, 15) is 14.0 Å². The van der Waals surface area contributed by atoms with Gasteiger partial charge in [-0.05, 0) is 31.0 Å². The van der Waals surface area contributed by atoms with E-state index in [0.717, 1.165) is 6.07 Å². The van der Waals surface area contributed by atoms with Crippen LogP contribution in [0.25, 0.3) is 0 Å². The lowest BCUT2D eigenvalue weighted by atomic mass is 10.0. The van der Waals surface area contributed by atoms with E-state index in [1.165, 1.54) is 12.1 Å². The molecule has 2 unspecified atom stereocenters. The summed E-state index contributed by atoms with van der Waals surface area (Å²) in [6.45, 7) is 1.83. The van der Waals surface area contributed by atoms with Crippen LogP contribution in [-0.2, 0) is 14.3 Å². The van der Waals surface area contributed by atoms with E-state index in [4.69, 9.17) is 21.4 Å². The highest BCUT2D eigenvalue weighted by Gasteiger charge is 2.19. The van der Waals surface area contributed by atoms with E-state index >= 15 is 0 Å². The Balaban J connectivity index is 2.78. The highest BCUT2D eigenvalue weighted by Crippen LogP contribution is 2.22. The third kappa shape index (κ3) is 5.99. The molecule has 0 bridgehead atoms. The van der Waals surface area contributed by atoms with Crippen molar-refractivity contribution in [2.24, 2.45) is 0 Å². The highest BCUT2D eigenvalue weighted by atomic mass is 35.5. The molecule has 5 nitrogen and oxygen atoms in total. The summed E-state index contributed by atoms with van der Waals surface area (Å²) in [6.07, 6.45) is 0.293. The van der Waals surface area contributed by atoms with Gasteiger partial charge in [-0.3, -0.25) is 9.59 Å². The SMILES string of the molecule is COC(C)CCC(=O)NC(CC(=O)O)c1ccc(Cl)c(F)c1. The molecular formula is C15H19ClFNO4. The monoisotopic (exact) mass is 331 g/mol. The van der Waals surface area contributed by atoms with E-state index in [1.807, 2.05) is 6.92 Å². The fourth-order valence-electron chi connectivity index (χ4n) is 1.87. The molecule has 122 valence electrons. The normalized spacial score (nSPS) is 13.5. The maximum Gasteiger partial charge on any atom is 0.305 e. The fraction of sp³-hybridized carbons (Fsp3) is 0.467. The van der Waals surface area contributed by atoms with Crippen LogP contribution in [0.4, 0.5) is 4.39 Å². The second-order valence-corrected chi connectivity index (χ2v) is 5.38. The number of hydrogen-bond acceptors (Lipinski definition) is 3. The fourth-order valence-corrected chi connectivity index (χ4v) is 1.99. The lowest BCUT2D eigenvalue weighted by Gasteiger charge is -2.18. The summed E-state index contributed by atoms with van der Waals surface area (Å²) in [6, 6.07) is 3.15. The number of nitrogens with one attached hydrogen (secondary N) is 1. The van der Waals surface area contributed by atoms with Crippen LogP contribution in [0.15, 0.2) is 18.2 Å². The van der Waals surface area contributed by atoms with E-state index in [0.29, 0.717) is 12.0 Å². The second-order valence-electron chi connectivity index (χ2n) is 4.98. The largest absolute Gasteiger partial charge is 0.481 e. The topological polar surface area (TPSA) is 75.6 Å². The van der Waals surface area contributed by atoms with Crippen molar-refractivity contribution in [2.45, 2.75) is 38.3 Å². The van der Waals surface area contributed by atoms with E-state index < -0.39 is 17.8 Å². The molecule has 0 fully saturated rings. The minimum Gasteiger partial charge on any atom is -0.481 e. The van der Waals surface area contributed by atoms with Crippen molar-refractivity contribution in [3.8, 4) is 0 Å². The van der Waals surface area contributed by atoms with Crippen LogP contribution in [0.2, 0.25) is 5.02 Å². The molecule has 1 amide bonds. The summed E-state index contributed by atoms with van der Waals surface area (Å²) in [4.78, 5) is 22.8. The van der Waals surface area contributed by atoms with Crippen LogP contribution < -0.4 is 5.32 Å². The number of carboxylic acid groups (broad SMARTS) is 1. The molecule has 0 aliphatic heterocycles. The average Bonchev–Trinajstić information content (AvgIpc) is 2.46. The minimum absolute atomic E-state index is 0.0573. The van der Waals surface area contributed by atoms with Gasteiger partial charge in [0.05, 0.1) is 23.6 Å². The Labute approximate surface area is 133 Å². The van der Waals surface area contributed by atoms with Gasteiger partial charge in [0.1, 0.15) is 5.82 Å². The van der Waals surface area contributed by atoms with Crippen LogP contribution in [0, 0.1) is 5.82 Å². The molecule has 0 heterocycles. The third-order valence-corrected chi connectivity index (χ3v) is 3.55. The Morgan fingerprint density at radius 2 is 2.14 bits per heavy atom. The van der Waals surface area contributed by atoms with Gasteiger partial charge in [0, 0.05) is 13.5 Å². The summed E-state index contributed by atoms with van der Waals surface area (Å²) in [5, 5.41) is 11.5. The van der Waals surface area contributed by atoms with Crippen molar-refractivity contribution in [1.29, 1.82) is 0 Å². The highest BCUT2D eigenvalue weighted by molar-refractivity contribution is 6.30. The number of methoxy groups -OCH3 is 1. The standard InChI is InChI=1S/C15H19ClFNO4/c1-9(22-2)3-6-14(19)18-13(8-15(20)21)10-4-5-11(16)12(17)7-10/h4-5,7,9,13H,3,6,8H2,1-2H3,(H,18,19)(H,20,21). The Kier molecular flexibility index (Phi) is 7.27. The average molecular weight is 332 g/mol. The predicted molar refractivity (Wildman–Crippen MR) is 80.3 cm³/mol. The zero-order valence-corrected chi connectivity index (χ0v) is 13.2. The Hall–Kier alpha value is -1.66. The number of halogens is 2. The molecule has 0 aliphatic carbocycles. The Morgan fingerprint density at radius 1 is 1.45 bits per heavy atom. The minimum atomic E-state index is -1.09. The molecule has 0 saturated heterocycles. The number of carboxylic acids is 1. The molecule has 0 aromatic heterocycles. The molecule has 2 atom stereocenters. The van der Waals surface area contributed by atoms with Gasteiger partial charge in [0.15, 0.2) is 0 Å². The summed E-state index contributed by atoms with van der Waals surface area (Å²) in [5.74, 6) is -2.06. The first kappa shape index (κ1) is 18.4. The zero-order valence-electron chi connectivity index (χ0n) is 12.4. The predicted octanol–water partition coefficient (Wildman–Crippen LogP) is 2.93. The first-order valence-electron chi connectivity index (χ1n) is 6.82.